The molecular formula is C28H23ClF6N2O5. The third-order valence-electron chi connectivity index (χ3n) is 6.77. The largest absolute Gasteiger partial charge is 0.496 e. The Morgan fingerprint density at radius 2 is 1.67 bits per heavy atom. The summed E-state index contributed by atoms with van der Waals surface area (Å²) in [6.07, 6.45) is -12.5. The Hall–Kier alpha value is -4.00. The Labute approximate surface area is 240 Å². The first kappa shape index (κ1) is 30.9. The summed E-state index contributed by atoms with van der Waals surface area (Å²) >= 11 is 6.14. The van der Waals surface area contributed by atoms with E-state index in [1.807, 2.05) is 0 Å². The molecule has 1 N–H and O–H groups in total. The predicted octanol–water partition coefficient (Wildman–Crippen LogP) is 7.55. The molecule has 14 heteroatoms. The van der Waals surface area contributed by atoms with Gasteiger partial charge in [-0.3, -0.25) is 9.69 Å². The van der Waals surface area contributed by atoms with Crippen molar-refractivity contribution in [3.63, 3.8) is 0 Å². The number of alkyl halides is 6. The molecule has 1 aromatic heterocycles. The van der Waals surface area contributed by atoms with Gasteiger partial charge in [-0.25, -0.2) is 9.78 Å². The maximum atomic E-state index is 13.4. The van der Waals surface area contributed by atoms with E-state index in [4.69, 9.17) is 26.2 Å². The molecule has 224 valence electrons. The van der Waals surface area contributed by atoms with E-state index in [1.165, 1.54) is 20.1 Å². The third kappa shape index (κ3) is 6.72. The summed E-state index contributed by atoms with van der Waals surface area (Å²) in [7, 11) is 1.42. The number of aliphatic carboxylic acids is 1. The zero-order valence-electron chi connectivity index (χ0n) is 22.0. The Balaban J connectivity index is 1.71. The molecule has 0 unspecified atom stereocenters. The number of aryl methyl sites for hydroxylation is 1. The van der Waals surface area contributed by atoms with Crippen molar-refractivity contribution in [3.8, 4) is 16.9 Å². The number of nitrogens with zero attached hydrogens (tertiary/aromatic N) is 2. The van der Waals surface area contributed by atoms with Gasteiger partial charge in [-0.05, 0) is 66.9 Å². The second-order valence-corrected chi connectivity index (χ2v) is 9.96. The molecule has 1 fully saturated rings. The zero-order chi connectivity index (χ0) is 31.0. The summed E-state index contributed by atoms with van der Waals surface area (Å²) in [5, 5.41) is 9.10. The molecule has 1 saturated heterocycles. The smallest absolute Gasteiger partial charge is 0.416 e. The Bertz CT molecular complexity index is 1480. The van der Waals surface area contributed by atoms with Crippen LogP contribution in [0.1, 0.15) is 47.4 Å². The number of hydrogen-bond donors (Lipinski definition) is 1. The molecule has 0 aliphatic carbocycles. The molecule has 2 atom stereocenters. The van der Waals surface area contributed by atoms with E-state index >= 15 is 0 Å². The van der Waals surface area contributed by atoms with Crippen LogP contribution in [0, 0.1) is 0 Å². The number of rotatable bonds is 8. The number of cyclic esters (lactones) is 1. The highest BCUT2D eigenvalue weighted by Crippen LogP contribution is 2.42. The van der Waals surface area contributed by atoms with Crippen LogP contribution in [0.2, 0.25) is 5.15 Å². The Kier molecular flexibility index (Phi) is 8.63. The first-order chi connectivity index (χ1) is 19.6. The van der Waals surface area contributed by atoms with Gasteiger partial charge in [-0.15, -0.1) is 0 Å². The van der Waals surface area contributed by atoms with E-state index in [2.05, 4.69) is 4.98 Å². The van der Waals surface area contributed by atoms with E-state index in [9.17, 15) is 35.9 Å². The molecular weight excluding hydrogens is 594 g/mol. The number of aromatic nitrogens is 1. The van der Waals surface area contributed by atoms with Crippen LogP contribution in [0.5, 0.6) is 5.75 Å². The van der Waals surface area contributed by atoms with E-state index in [0.29, 0.717) is 34.6 Å². The molecule has 0 bridgehead atoms. The van der Waals surface area contributed by atoms with Gasteiger partial charge in [0.1, 0.15) is 17.0 Å². The number of carboxylic acids is 1. The van der Waals surface area contributed by atoms with Crippen molar-refractivity contribution < 1.29 is 50.5 Å². The highest BCUT2D eigenvalue weighted by molar-refractivity contribution is 6.29. The summed E-state index contributed by atoms with van der Waals surface area (Å²) in [5.41, 5.74) is -1.65. The van der Waals surface area contributed by atoms with Crippen LogP contribution in [0.15, 0.2) is 48.5 Å². The lowest BCUT2D eigenvalue weighted by molar-refractivity contribution is -0.143. The van der Waals surface area contributed by atoms with Gasteiger partial charge in [0.05, 0.1) is 36.5 Å². The molecule has 4 rings (SSSR count). The number of halogens is 7. The maximum Gasteiger partial charge on any atom is 0.416 e. The van der Waals surface area contributed by atoms with Crippen molar-refractivity contribution in [1.82, 2.24) is 9.88 Å². The van der Waals surface area contributed by atoms with Crippen LogP contribution in [-0.2, 0) is 34.8 Å². The van der Waals surface area contributed by atoms with Crippen LogP contribution < -0.4 is 4.74 Å². The van der Waals surface area contributed by atoms with Crippen LogP contribution in [-0.4, -0.2) is 40.2 Å². The van der Waals surface area contributed by atoms with Gasteiger partial charge in [-0.1, -0.05) is 17.7 Å². The highest BCUT2D eigenvalue weighted by atomic mass is 35.5. The monoisotopic (exact) mass is 616 g/mol. The molecule has 2 heterocycles. The lowest BCUT2D eigenvalue weighted by Crippen LogP contribution is -2.32. The number of amides is 1. The van der Waals surface area contributed by atoms with Gasteiger partial charge >= 0.3 is 24.4 Å². The van der Waals surface area contributed by atoms with Gasteiger partial charge in [0, 0.05) is 17.5 Å². The van der Waals surface area contributed by atoms with Crippen LogP contribution >= 0.6 is 11.6 Å². The average Bonchev–Trinajstić information content (AvgIpc) is 3.19. The summed E-state index contributed by atoms with van der Waals surface area (Å²) in [6, 6.07) is 8.19. The number of methoxy groups -OCH3 is 1. The fraction of sp³-hybridized carbons (Fsp3) is 0.321. The maximum absolute atomic E-state index is 13.4. The van der Waals surface area contributed by atoms with E-state index in [0.717, 1.165) is 4.90 Å². The van der Waals surface area contributed by atoms with Gasteiger partial charge in [-0.2, -0.15) is 26.3 Å². The quantitative estimate of drug-likeness (QED) is 0.208. The number of carbonyl (C=O) groups excluding carboxylic acids is 1. The van der Waals surface area contributed by atoms with Crippen molar-refractivity contribution >= 4 is 23.7 Å². The van der Waals surface area contributed by atoms with Crippen molar-refractivity contribution in [1.29, 1.82) is 0 Å². The van der Waals surface area contributed by atoms with Gasteiger partial charge in [0.25, 0.3) is 0 Å². The zero-order valence-corrected chi connectivity index (χ0v) is 22.8. The molecule has 0 spiro atoms. The fourth-order valence-corrected chi connectivity index (χ4v) is 4.84. The molecule has 0 saturated carbocycles. The molecule has 1 aliphatic rings. The normalized spacial score (nSPS) is 17.4. The molecule has 42 heavy (non-hydrogen) atoms. The number of carbonyl (C=O) groups is 2. The minimum atomic E-state index is -5.07. The number of ether oxygens (including phenoxy) is 2. The van der Waals surface area contributed by atoms with E-state index in [1.54, 1.807) is 24.3 Å². The van der Waals surface area contributed by atoms with Crippen LogP contribution in [0.25, 0.3) is 11.1 Å². The minimum Gasteiger partial charge on any atom is -0.496 e. The second-order valence-electron chi connectivity index (χ2n) is 9.57. The highest BCUT2D eigenvalue weighted by Gasteiger charge is 2.43. The molecule has 2 aromatic carbocycles. The number of carboxylic acid groups (broad SMARTS) is 1. The lowest BCUT2D eigenvalue weighted by Gasteiger charge is -2.23. The first-order valence-corrected chi connectivity index (χ1v) is 12.8. The van der Waals surface area contributed by atoms with Crippen molar-refractivity contribution in [3.05, 3.63) is 81.6 Å². The van der Waals surface area contributed by atoms with Gasteiger partial charge < -0.3 is 14.6 Å². The standard InChI is InChI=1S/C28H23ClF6N2O5/c1-14-25(16-10-17(27(30,31)32)12-18(11-16)28(33,34)35)42-26(40)37(14)13-21-19(5-7-23(29)36-21)20-9-15(4-8-24(38)39)3-6-22(20)41-2/h3,5-7,9-12,14,25H,4,8,13H2,1-2H3,(H,38,39)/t14-,25-/m0/s1. The molecule has 1 aliphatic heterocycles. The topological polar surface area (TPSA) is 89.0 Å². The molecule has 0 radical (unpaired) electrons. The average molecular weight is 617 g/mol. The van der Waals surface area contributed by atoms with Crippen LogP contribution in [0.3, 0.4) is 0 Å². The van der Waals surface area contributed by atoms with Gasteiger partial charge in [0.15, 0.2) is 0 Å². The predicted molar refractivity (Wildman–Crippen MR) is 138 cm³/mol. The Morgan fingerprint density at radius 1 is 1.02 bits per heavy atom. The van der Waals surface area contributed by atoms with Crippen molar-refractivity contribution in [2.45, 2.75) is 50.8 Å². The summed E-state index contributed by atoms with van der Waals surface area (Å²) in [5.74, 6) is -0.585. The van der Waals surface area contributed by atoms with E-state index in [-0.39, 0.29) is 36.3 Å². The Morgan fingerprint density at radius 3 is 2.24 bits per heavy atom. The molecule has 3 aromatic rings. The first-order valence-electron chi connectivity index (χ1n) is 12.4. The summed E-state index contributed by atoms with van der Waals surface area (Å²) in [4.78, 5) is 29.4. The minimum absolute atomic E-state index is 0.00282. The van der Waals surface area contributed by atoms with E-state index < -0.39 is 53.3 Å². The van der Waals surface area contributed by atoms with Crippen molar-refractivity contribution in [2.75, 3.05) is 7.11 Å². The number of pyridine rings is 1. The molecule has 1 amide bonds. The second kappa shape index (κ2) is 11.7. The SMILES string of the molecule is COc1ccc(CCC(=O)O)cc1-c1ccc(Cl)nc1CN1C(=O)O[C@H](c2cc(C(F)(F)F)cc(C(F)(F)F)c2)[C@@H]1C. The van der Waals surface area contributed by atoms with Crippen molar-refractivity contribution in [2.24, 2.45) is 0 Å². The van der Waals surface area contributed by atoms with Crippen LogP contribution in [0.4, 0.5) is 31.1 Å². The summed E-state index contributed by atoms with van der Waals surface area (Å²) in [6.45, 7) is 1.17. The number of benzene rings is 2. The lowest BCUT2D eigenvalue weighted by atomic mass is 9.96. The number of hydrogen-bond acceptors (Lipinski definition) is 5. The fourth-order valence-electron chi connectivity index (χ4n) is 4.68. The molecule has 7 nitrogen and oxygen atoms in total. The third-order valence-corrected chi connectivity index (χ3v) is 6.98. The van der Waals surface area contributed by atoms with Gasteiger partial charge in [0.2, 0.25) is 0 Å². The summed E-state index contributed by atoms with van der Waals surface area (Å²) < 4.78 is 91.4.